The van der Waals surface area contributed by atoms with Crippen molar-refractivity contribution in [2.45, 2.75) is 32.2 Å². The zero-order chi connectivity index (χ0) is 19.9. The maximum Gasteiger partial charge on any atom is 0.229 e. The fourth-order valence-corrected chi connectivity index (χ4v) is 3.29. The molecule has 1 unspecified atom stereocenters. The van der Waals surface area contributed by atoms with E-state index in [2.05, 4.69) is 5.32 Å². The summed E-state index contributed by atoms with van der Waals surface area (Å²) in [6, 6.07) is 15.0. The van der Waals surface area contributed by atoms with E-state index in [1.54, 1.807) is 12.0 Å². The van der Waals surface area contributed by atoms with Crippen LogP contribution in [0.5, 0.6) is 11.5 Å². The number of amides is 2. The van der Waals surface area contributed by atoms with Crippen LogP contribution < -0.4 is 19.7 Å². The van der Waals surface area contributed by atoms with Gasteiger partial charge in [-0.05, 0) is 55.3 Å². The summed E-state index contributed by atoms with van der Waals surface area (Å²) in [5, 5.41) is 2.98. The third kappa shape index (κ3) is 5.03. The molecule has 6 heteroatoms. The molecule has 1 heterocycles. The molecule has 1 fully saturated rings. The summed E-state index contributed by atoms with van der Waals surface area (Å²) < 4.78 is 10.6. The summed E-state index contributed by atoms with van der Waals surface area (Å²) in [7, 11) is 1.63. The molecule has 148 valence electrons. The highest BCUT2D eigenvalue weighted by Gasteiger charge is 2.31. The standard InChI is InChI=1S/C22H26N2O4/c1-3-28-20-11-7-18(8-12-20)24-15-17(14-22(24)26)23-21(25)13-6-16-4-9-19(27-2)10-5-16/h4-5,7-12,17H,3,6,13-15H2,1-2H3,(H,23,25). The van der Waals surface area contributed by atoms with Gasteiger partial charge in [0.2, 0.25) is 11.8 Å². The van der Waals surface area contributed by atoms with Crippen molar-refractivity contribution in [2.24, 2.45) is 0 Å². The van der Waals surface area contributed by atoms with Crippen molar-refractivity contribution in [1.82, 2.24) is 5.32 Å². The molecule has 1 N–H and O–H groups in total. The molecule has 2 aromatic rings. The number of benzene rings is 2. The van der Waals surface area contributed by atoms with Crippen LogP contribution in [-0.4, -0.2) is 38.1 Å². The van der Waals surface area contributed by atoms with Gasteiger partial charge >= 0.3 is 0 Å². The first-order valence-corrected chi connectivity index (χ1v) is 9.54. The van der Waals surface area contributed by atoms with Crippen LogP contribution in [0.15, 0.2) is 48.5 Å². The molecule has 0 aromatic heterocycles. The van der Waals surface area contributed by atoms with Crippen LogP contribution in [0.3, 0.4) is 0 Å². The van der Waals surface area contributed by atoms with Gasteiger partial charge in [0, 0.05) is 25.1 Å². The third-order valence-electron chi connectivity index (χ3n) is 4.75. The molecule has 1 saturated heterocycles. The maximum atomic E-state index is 12.3. The summed E-state index contributed by atoms with van der Waals surface area (Å²) in [5.41, 5.74) is 1.90. The molecule has 0 radical (unpaired) electrons. The molecule has 1 aliphatic rings. The molecular formula is C22H26N2O4. The first-order chi connectivity index (χ1) is 13.6. The minimum absolute atomic E-state index is 0.0182. The quantitative estimate of drug-likeness (QED) is 0.762. The van der Waals surface area contributed by atoms with E-state index in [4.69, 9.17) is 9.47 Å². The Bertz CT molecular complexity index is 802. The zero-order valence-electron chi connectivity index (χ0n) is 16.3. The first-order valence-electron chi connectivity index (χ1n) is 9.54. The monoisotopic (exact) mass is 382 g/mol. The minimum atomic E-state index is -0.164. The van der Waals surface area contributed by atoms with E-state index < -0.39 is 0 Å². The smallest absolute Gasteiger partial charge is 0.229 e. The van der Waals surface area contributed by atoms with Gasteiger partial charge in [-0.2, -0.15) is 0 Å². The average molecular weight is 382 g/mol. The number of anilines is 1. The predicted octanol–water partition coefficient (Wildman–Crippen LogP) is 2.95. The number of nitrogens with one attached hydrogen (secondary N) is 1. The highest BCUT2D eigenvalue weighted by atomic mass is 16.5. The number of methoxy groups -OCH3 is 1. The topological polar surface area (TPSA) is 67.9 Å². The molecule has 28 heavy (non-hydrogen) atoms. The molecule has 2 amide bonds. The lowest BCUT2D eigenvalue weighted by Gasteiger charge is -2.17. The van der Waals surface area contributed by atoms with Gasteiger partial charge in [-0.15, -0.1) is 0 Å². The fourth-order valence-electron chi connectivity index (χ4n) is 3.29. The molecular weight excluding hydrogens is 356 g/mol. The van der Waals surface area contributed by atoms with E-state index in [1.165, 1.54) is 0 Å². The predicted molar refractivity (Wildman–Crippen MR) is 108 cm³/mol. The van der Waals surface area contributed by atoms with Crippen LogP contribution in [0.2, 0.25) is 0 Å². The SMILES string of the molecule is CCOc1ccc(N2CC(NC(=O)CCc3ccc(OC)cc3)CC2=O)cc1. The number of carbonyl (C=O) groups is 2. The molecule has 2 aromatic carbocycles. The van der Waals surface area contributed by atoms with Gasteiger partial charge < -0.3 is 19.7 Å². The number of rotatable bonds is 8. The van der Waals surface area contributed by atoms with E-state index in [0.29, 0.717) is 32.4 Å². The van der Waals surface area contributed by atoms with E-state index in [-0.39, 0.29) is 17.9 Å². The van der Waals surface area contributed by atoms with Crippen molar-refractivity contribution in [1.29, 1.82) is 0 Å². The highest BCUT2D eigenvalue weighted by Crippen LogP contribution is 2.24. The van der Waals surface area contributed by atoms with Gasteiger partial charge in [-0.25, -0.2) is 0 Å². The van der Waals surface area contributed by atoms with Crippen molar-refractivity contribution in [3.63, 3.8) is 0 Å². The molecule has 0 aliphatic carbocycles. The average Bonchev–Trinajstić information content (AvgIpc) is 3.07. The lowest BCUT2D eigenvalue weighted by molar-refractivity contribution is -0.121. The van der Waals surface area contributed by atoms with E-state index in [1.807, 2.05) is 55.5 Å². The van der Waals surface area contributed by atoms with Gasteiger partial charge in [-0.1, -0.05) is 12.1 Å². The summed E-state index contributed by atoms with van der Waals surface area (Å²) in [5.74, 6) is 1.56. The van der Waals surface area contributed by atoms with Crippen LogP contribution in [-0.2, 0) is 16.0 Å². The fraction of sp³-hybridized carbons (Fsp3) is 0.364. The van der Waals surface area contributed by atoms with Gasteiger partial charge in [0.15, 0.2) is 0 Å². The van der Waals surface area contributed by atoms with Crippen molar-refractivity contribution < 1.29 is 19.1 Å². The molecule has 6 nitrogen and oxygen atoms in total. The van der Waals surface area contributed by atoms with Gasteiger partial charge in [0.1, 0.15) is 11.5 Å². The first kappa shape index (κ1) is 19.7. The second kappa shape index (κ2) is 9.26. The molecule has 3 rings (SSSR count). The Balaban J connectivity index is 1.49. The van der Waals surface area contributed by atoms with Crippen LogP contribution in [0.4, 0.5) is 5.69 Å². The number of carbonyl (C=O) groups excluding carboxylic acids is 2. The Morgan fingerprint density at radius 3 is 2.43 bits per heavy atom. The van der Waals surface area contributed by atoms with Gasteiger partial charge in [-0.3, -0.25) is 9.59 Å². The summed E-state index contributed by atoms with van der Waals surface area (Å²) in [4.78, 5) is 26.3. The van der Waals surface area contributed by atoms with Crippen LogP contribution >= 0.6 is 0 Å². The Morgan fingerprint density at radius 2 is 1.79 bits per heavy atom. The van der Waals surface area contributed by atoms with Crippen molar-refractivity contribution in [3.8, 4) is 11.5 Å². The van der Waals surface area contributed by atoms with E-state index in [9.17, 15) is 9.59 Å². The largest absolute Gasteiger partial charge is 0.497 e. The maximum absolute atomic E-state index is 12.3. The molecule has 1 aliphatic heterocycles. The number of hydrogen-bond donors (Lipinski definition) is 1. The Labute approximate surface area is 165 Å². The van der Waals surface area contributed by atoms with Gasteiger partial charge in [0.25, 0.3) is 0 Å². The van der Waals surface area contributed by atoms with Crippen molar-refractivity contribution in [3.05, 3.63) is 54.1 Å². The number of hydrogen-bond acceptors (Lipinski definition) is 4. The van der Waals surface area contributed by atoms with Crippen molar-refractivity contribution in [2.75, 3.05) is 25.2 Å². The summed E-state index contributed by atoms with van der Waals surface area (Å²) in [6.45, 7) is 3.02. The highest BCUT2D eigenvalue weighted by molar-refractivity contribution is 5.96. The lowest BCUT2D eigenvalue weighted by Crippen LogP contribution is -2.37. The number of aryl methyl sites for hydroxylation is 1. The number of nitrogens with zero attached hydrogens (tertiary/aromatic N) is 1. The lowest BCUT2D eigenvalue weighted by atomic mass is 10.1. The Kier molecular flexibility index (Phi) is 6.53. The number of ether oxygens (including phenoxy) is 2. The Morgan fingerprint density at radius 1 is 1.11 bits per heavy atom. The van der Waals surface area contributed by atoms with Crippen LogP contribution in [0, 0.1) is 0 Å². The summed E-state index contributed by atoms with van der Waals surface area (Å²) >= 11 is 0. The Hall–Kier alpha value is -3.02. The molecule has 0 bridgehead atoms. The van der Waals surface area contributed by atoms with Crippen LogP contribution in [0.1, 0.15) is 25.3 Å². The van der Waals surface area contributed by atoms with Crippen molar-refractivity contribution >= 4 is 17.5 Å². The van der Waals surface area contributed by atoms with E-state index in [0.717, 1.165) is 22.7 Å². The molecule has 0 saturated carbocycles. The zero-order valence-corrected chi connectivity index (χ0v) is 16.3. The second-order valence-electron chi connectivity index (χ2n) is 6.75. The molecule has 1 atom stereocenters. The second-order valence-corrected chi connectivity index (χ2v) is 6.75. The van der Waals surface area contributed by atoms with Crippen LogP contribution in [0.25, 0.3) is 0 Å². The van der Waals surface area contributed by atoms with Gasteiger partial charge in [0.05, 0.1) is 19.8 Å². The normalized spacial score (nSPS) is 16.1. The summed E-state index contributed by atoms with van der Waals surface area (Å²) in [6.07, 6.45) is 1.36. The minimum Gasteiger partial charge on any atom is -0.497 e. The molecule has 0 spiro atoms. The third-order valence-corrected chi connectivity index (χ3v) is 4.75. The van der Waals surface area contributed by atoms with E-state index >= 15 is 0 Å².